The van der Waals surface area contributed by atoms with Crippen LogP contribution in [0.3, 0.4) is 0 Å². The number of methoxy groups -OCH3 is 1. The largest absolute Gasteiger partial charge is 0.497 e. The number of ether oxygens (including phenoxy) is 2. The van der Waals surface area contributed by atoms with Crippen molar-refractivity contribution in [3.63, 3.8) is 0 Å². The molecule has 6 nitrogen and oxygen atoms in total. The van der Waals surface area contributed by atoms with Crippen LogP contribution in [0.15, 0.2) is 24.3 Å². The Balaban J connectivity index is 1.96. The summed E-state index contributed by atoms with van der Waals surface area (Å²) in [6.07, 6.45) is 1.76. The van der Waals surface area contributed by atoms with Gasteiger partial charge in [0.1, 0.15) is 5.75 Å². The number of benzene rings is 1. The Morgan fingerprint density at radius 2 is 1.88 bits per heavy atom. The molecule has 0 radical (unpaired) electrons. The molecule has 0 bridgehead atoms. The van der Waals surface area contributed by atoms with Crippen molar-refractivity contribution in [2.45, 2.75) is 38.8 Å². The van der Waals surface area contributed by atoms with Crippen molar-refractivity contribution in [2.75, 3.05) is 40.0 Å². The van der Waals surface area contributed by atoms with Gasteiger partial charge in [-0.25, -0.2) is 4.79 Å². The first-order valence-electron chi connectivity index (χ1n) is 9.18. The molecule has 1 aromatic carbocycles. The molecule has 1 heterocycles. The van der Waals surface area contributed by atoms with E-state index in [0.717, 1.165) is 44.9 Å². The fraction of sp³-hybridized carbons (Fsp3) is 0.632. The van der Waals surface area contributed by atoms with Gasteiger partial charge in [0, 0.05) is 25.8 Å². The van der Waals surface area contributed by atoms with Crippen LogP contribution in [-0.2, 0) is 4.74 Å². The van der Waals surface area contributed by atoms with Gasteiger partial charge in [-0.3, -0.25) is 4.90 Å². The average molecular weight is 349 g/mol. The van der Waals surface area contributed by atoms with Gasteiger partial charge < -0.3 is 20.1 Å². The summed E-state index contributed by atoms with van der Waals surface area (Å²) in [4.78, 5) is 14.6. The SMILES string of the molecule is CCN(CC)C(CNC(=O)NC1CCOCC1)c1ccc(OC)cc1. The highest BCUT2D eigenvalue weighted by Gasteiger charge is 2.20. The molecule has 0 spiro atoms. The molecule has 1 unspecified atom stereocenters. The second kappa shape index (κ2) is 10.3. The summed E-state index contributed by atoms with van der Waals surface area (Å²) in [6.45, 7) is 8.15. The molecule has 2 amide bonds. The standard InChI is InChI=1S/C19H31N3O3/c1-4-22(5-2)18(15-6-8-17(24-3)9-7-15)14-20-19(23)21-16-10-12-25-13-11-16/h6-9,16,18H,4-5,10-14H2,1-3H3,(H2,20,21,23). The highest BCUT2D eigenvalue weighted by molar-refractivity contribution is 5.74. The predicted octanol–water partition coefficient (Wildman–Crippen LogP) is 2.56. The minimum Gasteiger partial charge on any atom is -0.497 e. The number of hydrogen-bond donors (Lipinski definition) is 2. The maximum absolute atomic E-state index is 12.2. The first kappa shape index (κ1) is 19.5. The molecule has 1 aliphatic rings. The van der Waals surface area contributed by atoms with Crippen molar-refractivity contribution in [3.8, 4) is 5.75 Å². The van der Waals surface area contributed by atoms with E-state index in [4.69, 9.17) is 9.47 Å². The van der Waals surface area contributed by atoms with Crippen molar-refractivity contribution in [1.29, 1.82) is 0 Å². The van der Waals surface area contributed by atoms with E-state index in [1.54, 1.807) is 7.11 Å². The summed E-state index contributed by atoms with van der Waals surface area (Å²) < 4.78 is 10.6. The first-order chi connectivity index (χ1) is 12.2. The minimum atomic E-state index is -0.0995. The predicted molar refractivity (Wildman–Crippen MR) is 99.0 cm³/mol. The number of nitrogens with one attached hydrogen (secondary N) is 2. The van der Waals surface area contributed by atoms with Crippen LogP contribution >= 0.6 is 0 Å². The van der Waals surface area contributed by atoms with Gasteiger partial charge in [0.2, 0.25) is 0 Å². The zero-order valence-corrected chi connectivity index (χ0v) is 15.6. The Labute approximate surface area is 150 Å². The third-order valence-corrected chi connectivity index (χ3v) is 4.77. The van der Waals surface area contributed by atoms with Crippen molar-refractivity contribution in [3.05, 3.63) is 29.8 Å². The lowest BCUT2D eigenvalue weighted by Gasteiger charge is -2.31. The molecule has 1 aromatic rings. The third kappa shape index (κ3) is 5.90. The lowest BCUT2D eigenvalue weighted by atomic mass is 10.0. The topological polar surface area (TPSA) is 62.8 Å². The van der Waals surface area contributed by atoms with Gasteiger partial charge in [0.25, 0.3) is 0 Å². The van der Waals surface area contributed by atoms with E-state index in [0.29, 0.717) is 6.54 Å². The average Bonchev–Trinajstić information content (AvgIpc) is 2.66. The van der Waals surface area contributed by atoms with E-state index >= 15 is 0 Å². The molecular formula is C19H31N3O3. The monoisotopic (exact) mass is 349 g/mol. The van der Waals surface area contributed by atoms with Crippen LogP contribution in [0.5, 0.6) is 5.75 Å². The van der Waals surface area contributed by atoms with Crippen LogP contribution in [0.4, 0.5) is 4.79 Å². The maximum Gasteiger partial charge on any atom is 0.315 e. The normalized spacial score (nSPS) is 16.5. The van der Waals surface area contributed by atoms with E-state index in [-0.39, 0.29) is 18.1 Å². The van der Waals surface area contributed by atoms with Crippen LogP contribution in [0.2, 0.25) is 0 Å². The van der Waals surface area contributed by atoms with Gasteiger partial charge >= 0.3 is 6.03 Å². The number of likely N-dealkylation sites (N-methyl/N-ethyl adjacent to an activating group) is 1. The molecule has 1 fully saturated rings. The molecule has 2 N–H and O–H groups in total. The zero-order chi connectivity index (χ0) is 18.1. The number of rotatable bonds is 8. The van der Waals surface area contributed by atoms with E-state index in [1.165, 1.54) is 5.56 Å². The van der Waals surface area contributed by atoms with Crippen molar-refractivity contribution in [1.82, 2.24) is 15.5 Å². The molecule has 2 rings (SSSR count). The first-order valence-corrected chi connectivity index (χ1v) is 9.18. The second-order valence-corrected chi connectivity index (χ2v) is 6.25. The van der Waals surface area contributed by atoms with E-state index in [2.05, 4.69) is 41.5 Å². The van der Waals surface area contributed by atoms with E-state index in [9.17, 15) is 4.79 Å². The summed E-state index contributed by atoms with van der Waals surface area (Å²) in [5, 5.41) is 6.09. The molecule has 25 heavy (non-hydrogen) atoms. The fourth-order valence-corrected chi connectivity index (χ4v) is 3.22. The second-order valence-electron chi connectivity index (χ2n) is 6.25. The van der Waals surface area contributed by atoms with Gasteiger partial charge in [0.05, 0.1) is 13.2 Å². The molecule has 1 atom stereocenters. The van der Waals surface area contributed by atoms with Crippen LogP contribution in [0.1, 0.15) is 38.3 Å². The van der Waals surface area contributed by atoms with Gasteiger partial charge in [-0.05, 0) is 43.6 Å². The number of carbonyl (C=O) groups excluding carboxylic acids is 1. The number of hydrogen-bond acceptors (Lipinski definition) is 4. The third-order valence-electron chi connectivity index (χ3n) is 4.77. The summed E-state index contributed by atoms with van der Waals surface area (Å²) in [6, 6.07) is 8.32. The Bertz CT molecular complexity index is 511. The van der Waals surface area contributed by atoms with Crippen LogP contribution in [-0.4, -0.2) is 56.9 Å². The van der Waals surface area contributed by atoms with E-state index < -0.39 is 0 Å². The Morgan fingerprint density at radius 3 is 2.44 bits per heavy atom. The number of urea groups is 1. The molecule has 0 aromatic heterocycles. The minimum absolute atomic E-state index is 0.0995. The molecule has 1 saturated heterocycles. The van der Waals surface area contributed by atoms with Gasteiger partial charge in [0.15, 0.2) is 0 Å². The molecular weight excluding hydrogens is 318 g/mol. The summed E-state index contributed by atoms with van der Waals surface area (Å²) in [7, 11) is 1.67. The van der Waals surface area contributed by atoms with Gasteiger partial charge in [-0.15, -0.1) is 0 Å². The lowest BCUT2D eigenvalue weighted by Crippen LogP contribution is -2.47. The van der Waals surface area contributed by atoms with Crippen LogP contribution < -0.4 is 15.4 Å². The number of nitrogens with zero attached hydrogens (tertiary/aromatic N) is 1. The summed E-state index contributed by atoms with van der Waals surface area (Å²) >= 11 is 0. The molecule has 0 saturated carbocycles. The van der Waals surface area contributed by atoms with Crippen LogP contribution in [0.25, 0.3) is 0 Å². The molecule has 1 aliphatic heterocycles. The highest BCUT2D eigenvalue weighted by atomic mass is 16.5. The number of carbonyl (C=O) groups is 1. The summed E-state index contributed by atoms with van der Waals surface area (Å²) in [5.74, 6) is 0.840. The Kier molecular flexibility index (Phi) is 8.01. The van der Waals surface area contributed by atoms with Crippen molar-refractivity contribution < 1.29 is 14.3 Å². The van der Waals surface area contributed by atoms with Crippen molar-refractivity contribution >= 4 is 6.03 Å². The maximum atomic E-state index is 12.2. The van der Waals surface area contributed by atoms with Gasteiger partial charge in [-0.2, -0.15) is 0 Å². The Morgan fingerprint density at radius 1 is 1.24 bits per heavy atom. The number of amides is 2. The fourth-order valence-electron chi connectivity index (χ4n) is 3.22. The van der Waals surface area contributed by atoms with Gasteiger partial charge in [-0.1, -0.05) is 26.0 Å². The molecule has 6 heteroatoms. The van der Waals surface area contributed by atoms with Crippen LogP contribution in [0, 0.1) is 0 Å². The molecule has 0 aliphatic carbocycles. The van der Waals surface area contributed by atoms with E-state index in [1.807, 2.05) is 12.1 Å². The quantitative estimate of drug-likeness (QED) is 0.757. The highest BCUT2D eigenvalue weighted by Crippen LogP contribution is 2.22. The smallest absolute Gasteiger partial charge is 0.315 e. The summed E-state index contributed by atoms with van der Waals surface area (Å²) in [5.41, 5.74) is 1.18. The lowest BCUT2D eigenvalue weighted by molar-refractivity contribution is 0.0799. The molecule has 140 valence electrons. The van der Waals surface area contributed by atoms with Crippen molar-refractivity contribution in [2.24, 2.45) is 0 Å². The Hall–Kier alpha value is -1.79. The zero-order valence-electron chi connectivity index (χ0n) is 15.6.